The molecule has 0 radical (unpaired) electrons. The van der Waals surface area contributed by atoms with E-state index in [0.717, 1.165) is 28.4 Å². The molecule has 114 valence electrons. The van der Waals surface area contributed by atoms with Gasteiger partial charge in [-0.3, -0.25) is 0 Å². The van der Waals surface area contributed by atoms with Crippen molar-refractivity contribution in [3.63, 3.8) is 0 Å². The van der Waals surface area contributed by atoms with E-state index in [4.69, 9.17) is 0 Å². The number of urea groups is 1. The van der Waals surface area contributed by atoms with Gasteiger partial charge in [0.15, 0.2) is 0 Å². The number of benzene rings is 2. The number of nitrogens with one attached hydrogen (secondary N) is 2. The lowest BCUT2D eigenvalue weighted by atomic mass is 10.1. The number of amides is 2. The number of phenolic OH excluding ortho intramolecular Hbond substituents is 1. The highest BCUT2D eigenvalue weighted by Crippen LogP contribution is 2.45. The number of carbonyl (C=O) groups excluding carboxylic acids is 1. The quantitative estimate of drug-likeness (QED) is 0.779. The van der Waals surface area contributed by atoms with Crippen LogP contribution in [0.4, 0.5) is 4.79 Å². The van der Waals surface area contributed by atoms with E-state index in [9.17, 15) is 9.90 Å². The van der Waals surface area contributed by atoms with Crippen molar-refractivity contribution < 1.29 is 9.90 Å². The van der Waals surface area contributed by atoms with E-state index in [1.807, 2.05) is 30.3 Å². The van der Waals surface area contributed by atoms with Crippen LogP contribution in [0, 0.1) is 0 Å². The molecule has 22 heavy (non-hydrogen) atoms. The van der Waals surface area contributed by atoms with Gasteiger partial charge in [-0.05, 0) is 48.2 Å². The van der Waals surface area contributed by atoms with Crippen LogP contribution in [-0.4, -0.2) is 11.1 Å². The molecule has 3 rings (SSSR count). The molecule has 2 amide bonds. The fourth-order valence-corrected chi connectivity index (χ4v) is 2.75. The Bertz CT molecular complexity index is 681. The maximum atomic E-state index is 12.1. The number of hydrogen-bond acceptors (Lipinski definition) is 2. The third-order valence-corrected chi connectivity index (χ3v) is 4.39. The van der Waals surface area contributed by atoms with Crippen LogP contribution in [0.15, 0.2) is 53.0 Å². The number of phenols is 1. The minimum atomic E-state index is -0.233. The number of aromatic hydroxyl groups is 1. The van der Waals surface area contributed by atoms with Gasteiger partial charge in [-0.25, -0.2) is 4.79 Å². The third kappa shape index (κ3) is 3.42. The largest absolute Gasteiger partial charge is 0.508 e. The molecule has 0 heterocycles. The molecular formula is C17H17BrN2O2. The SMILES string of the molecule is O=C(NCc1cccc(O)c1)NC1(c2ccc(Br)cc2)CC1. The molecule has 2 aromatic carbocycles. The summed E-state index contributed by atoms with van der Waals surface area (Å²) in [7, 11) is 0. The minimum absolute atomic E-state index is 0.191. The van der Waals surface area contributed by atoms with E-state index < -0.39 is 0 Å². The van der Waals surface area contributed by atoms with Crippen molar-refractivity contribution in [2.75, 3.05) is 0 Å². The summed E-state index contributed by atoms with van der Waals surface area (Å²) >= 11 is 3.42. The van der Waals surface area contributed by atoms with E-state index in [1.165, 1.54) is 0 Å². The first kappa shape index (κ1) is 14.9. The molecule has 0 saturated heterocycles. The second kappa shape index (κ2) is 6.01. The molecule has 2 aromatic rings. The zero-order chi connectivity index (χ0) is 15.6. The highest BCUT2D eigenvalue weighted by atomic mass is 79.9. The molecule has 5 heteroatoms. The fraction of sp³-hybridized carbons (Fsp3) is 0.235. The standard InChI is InChI=1S/C17H17BrN2O2/c18-14-6-4-13(5-7-14)17(8-9-17)20-16(22)19-11-12-2-1-3-15(21)10-12/h1-7,10,21H,8-9,11H2,(H2,19,20,22). The Labute approximate surface area is 137 Å². The van der Waals surface area contributed by atoms with Gasteiger partial charge in [0, 0.05) is 11.0 Å². The van der Waals surface area contributed by atoms with Gasteiger partial charge in [0.2, 0.25) is 0 Å². The van der Waals surface area contributed by atoms with Crippen LogP contribution in [0.2, 0.25) is 0 Å². The van der Waals surface area contributed by atoms with E-state index in [0.29, 0.717) is 6.54 Å². The number of carbonyl (C=O) groups is 1. The Morgan fingerprint density at radius 2 is 1.91 bits per heavy atom. The van der Waals surface area contributed by atoms with Crippen LogP contribution in [0.1, 0.15) is 24.0 Å². The van der Waals surface area contributed by atoms with Crippen molar-refractivity contribution in [2.24, 2.45) is 0 Å². The average molecular weight is 361 g/mol. The number of rotatable bonds is 4. The lowest BCUT2D eigenvalue weighted by Gasteiger charge is -2.18. The van der Waals surface area contributed by atoms with Crippen LogP contribution >= 0.6 is 15.9 Å². The highest BCUT2D eigenvalue weighted by molar-refractivity contribution is 9.10. The first-order chi connectivity index (χ1) is 10.6. The molecule has 1 aliphatic rings. The predicted molar refractivity (Wildman–Crippen MR) is 88.5 cm³/mol. The van der Waals surface area contributed by atoms with E-state index >= 15 is 0 Å². The summed E-state index contributed by atoms with van der Waals surface area (Å²) in [4.78, 5) is 12.1. The summed E-state index contributed by atoms with van der Waals surface area (Å²) in [6, 6.07) is 14.7. The molecule has 0 unspecified atom stereocenters. The van der Waals surface area contributed by atoms with Crippen LogP contribution in [0.5, 0.6) is 5.75 Å². The van der Waals surface area contributed by atoms with Crippen LogP contribution in [0.25, 0.3) is 0 Å². The third-order valence-electron chi connectivity index (χ3n) is 3.86. The van der Waals surface area contributed by atoms with Crippen molar-refractivity contribution in [3.8, 4) is 5.75 Å². The van der Waals surface area contributed by atoms with Gasteiger partial charge >= 0.3 is 6.03 Å². The first-order valence-corrected chi connectivity index (χ1v) is 7.97. The summed E-state index contributed by atoms with van der Waals surface area (Å²) in [6.45, 7) is 0.386. The lowest BCUT2D eigenvalue weighted by molar-refractivity contribution is 0.235. The highest BCUT2D eigenvalue weighted by Gasteiger charge is 2.45. The Balaban J connectivity index is 1.58. The van der Waals surface area contributed by atoms with Gasteiger partial charge in [-0.1, -0.05) is 40.2 Å². The molecule has 3 N–H and O–H groups in total. The van der Waals surface area contributed by atoms with Crippen molar-refractivity contribution >= 4 is 22.0 Å². The lowest BCUT2D eigenvalue weighted by Crippen LogP contribution is -2.41. The average Bonchev–Trinajstić information content (AvgIpc) is 3.27. The first-order valence-electron chi connectivity index (χ1n) is 7.17. The van der Waals surface area contributed by atoms with Gasteiger partial charge in [0.1, 0.15) is 5.75 Å². The van der Waals surface area contributed by atoms with Gasteiger partial charge in [0.25, 0.3) is 0 Å². The second-order valence-electron chi connectivity index (χ2n) is 5.57. The Kier molecular flexibility index (Phi) is 4.07. The maximum absolute atomic E-state index is 12.1. The Hall–Kier alpha value is -2.01. The molecule has 0 spiro atoms. The van der Waals surface area contributed by atoms with Crippen molar-refractivity contribution in [2.45, 2.75) is 24.9 Å². The van der Waals surface area contributed by atoms with Gasteiger partial charge < -0.3 is 15.7 Å². The fourth-order valence-electron chi connectivity index (χ4n) is 2.49. The predicted octanol–water partition coefficient (Wildman–Crippen LogP) is 3.64. The van der Waals surface area contributed by atoms with Crippen LogP contribution < -0.4 is 10.6 Å². The molecule has 0 aliphatic heterocycles. The topological polar surface area (TPSA) is 61.4 Å². The molecule has 1 saturated carbocycles. The summed E-state index contributed by atoms with van der Waals surface area (Å²) in [5.41, 5.74) is 1.76. The summed E-state index contributed by atoms with van der Waals surface area (Å²) < 4.78 is 1.03. The normalized spacial score (nSPS) is 15.1. The Morgan fingerprint density at radius 1 is 1.18 bits per heavy atom. The van der Waals surface area contributed by atoms with Crippen molar-refractivity contribution in [1.82, 2.24) is 10.6 Å². The molecule has 1 aliphatic carbocycles. The summed E-state index contributed by atoms with van der Waals surface area (Å²) in [6.07, 6.45) is 1.91. The number of hydrogen-bond donors (Lipinski definition) is 3. The summed E-state index contributed by atoms with van der Waals surface area (Å²) in [5.74, 6) is 0.202. The molecule has 0 atom stereocenters. The van der Waals surface area contributed by atoms with E-state index in [-0.39, 0.29) is 17.3 Å². The zero-order valence-corrected chi connectivity index (χ0v) is 13.6. The van der Waals surface area contributed by atoms with E-state index in [1.54, 1.807) is 18.2 Å². The smallest absolute Gasteiger partial charge is 0.315 e. The van der Waals surface area contributed by atoms with Crippen LogP contribution in [-0.2, 0) is 12.1 Å². The minimum Gasteiger partial charge on any atom is -0.508 e. The molecule has 0 bridgehead atoms. The maximum Gasteiger partial charge on any atom is 0.315 e. The van der Waals surface area contributed by atoms with Crippen LogP contribution in [0.3, 0.4) is 0 Å². The monoisotopic (exact) mass is 360 g/mol. The van der Waals surface area contributed by atoms with Crippen molar-refractivity contribution in [1.29, 1.82) is 0 Å². The van der Waals surface area contributed by atoms with Gasteiger partial charge in [0.05, 0.1) is 5.54 Å². The number of halogens is 1. The Morgan fingerprint density at radius 3 is 2.55 bits per heavy atom. The molecule has 1 fully saturated rings. The molecular weight excluding hydrogens is 344 g/mol. The zero-order valence-electron chi connectivity index (χ0n) is 12.0. The molecule has 0 aromatic heterocycles. The van der Waals surface area contributed by atoms with Gasteiger partial charge in [-0.2, -0.15) is 0 Å². The van der Waals surface area contributed by atoms with Crippen molar-refractivity contribution in [3.05, 3.63) is 64.1 Å². The summed E-state index contributed by atoms with van der Waals surface area (Å²) in [5, 5.41) is 15.3. The molecule has 4 nitrogen and oxygen atoms in total. The second-order valence-corrected chi connectivity index (χ2v) is 6.48. The van der Waals surface area contributed by atoms with E-state index in [2.05, 4.69) is 26.6 Å². The van der Waals surface area contributed by atoms with Gasteiger partial charge in [-0.15, -0.1) is 0 Å².